The molecule has 2 aromatic rings. The third-order valence-corrected chi connectivity index (χ3v) is 2.69. The van der Waals surface area contributed by atoms with Crippen LogP contribution in [0.1, 0.15) is 10.4 Å². The molecule has 2 nitrogen and oxygen atoms in total. The Balaban J connectivity index is 2.60. The number of rotatable bonds is 2. The predicted molar refractivity (Wildman–Crippen MR) is 52.9 cm³/mol. The van der Waals surface area contributed by atoms with E-state index < -0.39 is 0 Å². The van der Waals surface area contributed by atoms with Crippen molar-refractivity contribution in [2.75, 3.05) is 0 Å². The highest BCUT2D eigenvalue weighted by atomic mass is 32.1. The molecular formula is C10H6FNOS. The predicted octanol–water partition coefficient (Wildman–Crippen LogP) is 2.76. The Hall–Kier alpha value is -1.55. The van der Waals surface area contributed by atoms with Gasteiger partial charge in [-0.25, -0.2) is 4.39 Å². The highest BCUT2D eigenvalue weighted by Crippen LogP contribution is 2.28. The third-order valence-electron chi connectivity index (χ3n) is 1.84. The molecule has 14 heavy (non-hydrogen) atoms. The molecule has 0 saturated carbocycles. The second-order valence-electron chi connectivity index (χ2n) is 2.71. The molecule has 1 aromatic carbocycles. The van der Waals surface area contributed by atoms with Gasteiger partial charge in [0.15, 0.2) is 6.29 Å². The average molecular weight is 207 g/mol. The number of benzene rings is 1. The number of hydrogen-bond donors (Lipinski definition) is 0. The fourth-order valence-electron chi connectivity index (χ4n) is 1.18. The van der Waals surface area contributed by atoms with E-state index in [1.807, 2.05) is 0 Å². The largest absolute Gasteiger partial charge is 0.298 e. The zero-order chi connectivity index (χ0) is 9.97. The number of aromatic nitrogens is 1. The van der Waals surface area contributed by atoms with Crippen molar-refractivity contribution < 1.29 is 9.18 Å². The molecule has 0 aliphatic heterocycles. The van der Waals surface area contributed by atoms with Crippen molar-refractivity contribution in [3.63, 3.8) is 0 Å². The highest BCUT2D eigenvalue weighted by molar-refractivity contribution is 7.10. The van der Waals surface area contributed by atoms with E-state index in [4.69, 9.17) is 0 Å². The second-order valence-corrected chi connectivity index (χ2v) is 3.51. The summed E-state index contributed by atoms with van der Waals surface area (Å²) in [5, 5.41) is 0. The molecule has 1 heterocycles. The van der Waals surface area contributed by atoms with Gasteiger partial charge in [0, 0.05) is 5.56 Å². The van der Waals surface area contributed by atoms with Gasteiger partial charge in [-0.3, -0.25) is 4.79 Å². The maximum Gasteiger partial charge on any atom is 0.153 e. The first kappa shape index (κ1) is 9.02. The lowest BCUT2D eigenvalue weighted by Gasteiger charge is -1.98. The minimum absolute atomic E-state index is 0.333. The van der Waals surface area contributed by atoms with Crippen LogP contribution in [-0.4, -0.2) is 10.7 Å². The van der Waals surface area contributed by atoms with Gasteiger partial charge < -0.3 is 0 Å². The minimum Gasteiger partial charge on any atom is -0.298 e. The van der Waals surface area contributed by atoms with Gasteiger partial charge in [-0.2, -0.15) is 4.37 Å². The molecule has 0 aliphatic rings. The first-order chi connectivity index (χ1) is 6.83. The second kappa shape index (κ2) is 3.67. The van der Waals surface area contributed by atoms with Gasteiger partial charge in [0.1, 0.15) is 5.82 Å². The molecule has 0 unspecified atom stereocenters. The summed E-state index contributed by atoms with van der Waals surface area (Å²) in [5.74, 6) is -0.333. The SMILES string of the molecule is O=Cc1cnsc1-c1ccccc1F. The van der Waals surface area contributed by atoms with Crippen LogP contribution in [0, 0.1) is 5.82 Å². The summed E-state index contributed by atoms with van der Waals surface area (Å²) in [4.78, 5) is 11.2. The summed E-state index contributed by atoms with van der Waals surface area (Å²) >= 11 is 1.12. The Labute approximate surface area is 84.2 Å². The summed E-state index contributed by atoms with van der Waals surface area (Å²) in [6.07, 6.45) is 2.13. The lowest BCUT2D eigenvalue weighted by atomic mass is 10.1. The maximum absolute atomic E-state index is 13.3. The van der Waals surface area contributed by atoms with Crippen LogP contribution in [0.5, 0.6) is 0 Å². The molecule has 0 N–H and O–H groups in total. The van der Waals surface area contributed by atoms with Gasteiger partial charge in [0.25, 0.3) is 0 Å². The highest BCUT2D eigenvalue weighted by Gasteiger charge is 2.10. The van der Waals surface area contributed by atoms with Crippen LogP contribution in [0.15, 0.2) is 30.5 Å². The number of hydrogen-bond acceptors (Lipinski definition) is 3. The quantitative estimate of drug-likeness (QED) is 0.709. The Kier molecular flexibility index (Phi) is 2.37. The zero-order valence-electron chi connectivity index (χ0n) is 7.11. The molecule has 70 valence electrons. The van der Waals surface area contributed by atoms with Crippen molar-refractivity contribution in [2.45, 2.75) is 0 Å². The first-order valence-electron chi connectivity index (χ1n) is 3.97. The van der Waals surface area contributed by atoms with E-state index in [0.717, 1.165) is 11.5 Å². The Bertz CT molecular complexity index is 467. The van der Waals surface area contributed by atoms with E-state index in [1.54, 1.807) is 18.2 Å². The molecule has 0 spiro atoms. The van der Waals surface area contributed by atoms with E-state index in [2.05, 4.69) is 4.37 Å². The summed E-state index contributed by atoms with van der Waals surface area (Å²) in [6.45, 7) is 0. The van der Waals surface area contributed by atoms with Crippen molar-refractivity contribution in [1.82, 2.24) is 4.37 Å². The Morgan fingerprint density at radius 1 is 1.36 bits per heavy atom. The number of nitrogens with zero attached hydrogens (tertiary/aromatic N) is 1. The first-order valence-corrected chi connectivity index (χ1v) is 4.75. The summed E-state index contributed by atoms with van der Waals surface area (Å²) in [7, 11) is 0. The van der Waals surface area contributed by atoms with E-state index in [-0.39, 0.29) is 5.82 Å². The minimum atomic E-state index is -0.333. The van der Waals surface area contributed by atoms with E-state index >= 15 is 0 Å². The molecule has 0 saturated heterocycles. The van der Waals surface area contributed by atoms with Crippen LogP contribution < -0.4 is 0 Å². The van der Waals surface area contributed by atoms with Crippen LogP contribution in [0.2, 0.25) is 0 Å². The van der Waals surface area contributed by atoms with Crippen LogP contribution in [0.3, 0.4) is 0 Å². The van der Waals surface area contributed by atoms with Crippen molar-refractivity contribution in [1.29, 1.82) is 0 Å². The summed E-state index contributed by atoms with van der Waals surface area (Å²) < 4.78 is 17.2. The summed E-state index contributed by atoms with van der Waals surface area (Å²) in [6, 6.07) is 6.34. The van der Waals surface area contributed by atoms with Crippen LogP contribution >= 0.6 is 11.5 Å². The van der Waals surface area contributed by atoms with Gasteiger partial charge in [0.05, 0.1) is 16.6 Å². The number of carbonyl (C=O) groups is 1. The third kappa shape index (κ3) is 1.44. The molecule has 0 radical (unpaired) electrons. The van der Waals surface area contributed by atoms with Gasteiger partial charge in [0.2, 0.25) is 0 Å². The number of halogens is 1. The van der Waals surface area contributed by atoms with Crippen molar-refractivity contribution in [3.05, 3.63) is 41.8 Å². The molecule has 1 aromatic heterocycles. The fraction of sp³-hybridized carbons (Fsp3) is 0. The fourth-order valence-corrected chi connectivity index (χ4v) is 1.92. The normalized spacial score (nSPS) is 10.1. The molecule has 0 bridgehead atoms. The van der Waals surface area contributed by atoms with E-state index in [0.29, 0.717) is 22.3 Å². The zero-order valence-corrected chi connectivity index (χ0v) is 7.92. The summed E-state index contributed by atoms with van der Waals surface area (Å²) in [5.41, 5.74) is 0.859. The van der Waals surface area contributed by atoms with E-state index in [9.17, 15) is 9.18 Å². The average Bonchev–Trinajstić information content (AvgIpc) is 2.66. The number of aldehydes is 1. The lowest BCUT2D eigenvalue weighted by Crippen LogP contribution is -1.84. The van der Waals surface area contributed by atoms with Gasteiger partial charge in [-0.05, 0) is 17.6 Å². The van der Waals surface area contributed by atoms with Crippen molar-refractivity contribution >= 4 is 17.8 Å². The standard InChI is InChI=1S/C10H6FNOS/c11-9-4-2-1-3-8(9)10-7(6-13)5-12-14-10/h1-6H. The van der Waals surface area contributed by atoms with Crippen molar-refractivity contribution in [3.8, 4) is 10.4 Å². The monoisotopic (exact) mass is 207 g/mol. The van der Waals surface area contributed by atoms with Crippen molar-refractivity contribution in [2.24, 2.45) is 0 Å². The molecule has 0 amide bonds. The molecule has 0 fully saturated rings. The topological polar surface area (TPSA) is 30.0 Å². The van der Waals surface area contributed by atoms with Crippen LogP contribution in [0.4, 0.5) is 4.39 Å². The molecular weight excluding hydrogens is 201 g/mol. The van der Waals surface area contributed by atoms with Gasteiger partial charge in [-0.1, -0.05) is 18.2 Å². The smallest absolute Gasteiger partial charge is 0.153 e. The van der Waals surface area contributed by atoms with E-state index in [1.165, 1.54) is 12.3 Å². The Morgan fingerprint density at radius 2 is 2.14 bits per heavy atom. The number of carbonyl (C=O) groups excluding carboxylic acids is 1. The van der Waals surface area contributed by atoms with Gasteiger partial charge >= 0.3 is 0 Å². The Morgan fingerprint density at radius 3 is 2.86 bits per heavy atom. The molecule has 2 rings (SSSR count). The van der Waals surface area contributed by atoms with Crippen LogP contribution in [0.25, 0.3) is 10.4 Å². The molecule has 0 aliphatic carbocycles. The van der Waals surface area contributed by atoms with Gasteiger partial charge in [-0.15, -0.1) is 0 Å². The van der Waals surface area contributed by atoms with Crippen LogP contribution in [-0.2, 0) is 0 Å². The molecule has 4 heteroatoms. The maximum atomic E-state index is 13.3. The lowest BCUT2D eigenvalue weighted by molar-refractivity contribution is 0.112. The molecule has 0 atom stereocenters.